The van der Waals surface area contributed by atoms with Crippen molar-refractivity contribution in [3.8, 4) is 11.4 Å². The molecule has 146 valence electrons. The Morgan fingerprint density at radius 1 is 1.21 bits per heavy atom. The van der Waals surface area contributed by atoms with Gasteiger partial charge < -0.3 is 15.2 Å². The van der Waals surface area contributed by atoms with E-state index in [4.69, 9.17) is 4.74 Å². The Bertz CT molecular complexity index is 896. The first-order valence-corrected chi connectivity index (χ1v) is 9.02. The summed E-state index contributed by atoms with van der Waals surface area (Å²) in [5.41, 5.74) is 2.46. The minimum atomic E-state index is -0.706. The first-order valence-electron chi connectivity index (χ1n) is 9.02. The Labute approximate surface area is 163 Å². The van der Waals surface area contributed by atoms with Gasteiger partial charge in [-0.2, -0.15) is 0 Å². The van der Waals surface area contributed by atoms with Crippen molar-refractivity contribution in [1.29, 1.82) is 0 Å². The lowest BCUT2D eigenvalue weighted by Crippen LogP contribution is -2.33. The third-order valence-electron chi connectivity index (χ3n) is 4.36. The summed E-state index contributed by atoms with van der Waals surface area (Å²) >= 11 is 0. The number of para-hydroxylation sites is 1. The second kappa shape index (κ2) is 9.20. The summed E-state index contributed by atoms with van der Waals surface area (Å²) < 4.78 is 7.21. The molecule has 1 aromatic heterocycles. The molecule has 2 atom stereocenters. The van der Waals surface area contributed by atoms with Crippen molar-refractivity contribution in [3.05, 3.63) is 66.0 Å². The maximum Gasteiger partial charge on any atom is 0.163 e. The van der Waals surface area contributed by atoms with Gasteiger partial charge in [0.15, 0.2) is 5.78 Å². The quantitative estimate of drug-likeness (QED) is 0.546. The van der Waals surface area contributed by atoms with E-state index in [9.17, 15) is 9.90 Å². The number of benzene rings is 2. The van der Waals surface area contributed by atoms with Crippen LogP contribution in [0.15, 0.2) is 54.9 Å². The van der Waals surface area contributed by atoms with Gasteiger partial charge in [-0.3, -0.25) is 4.79 Å². The number of Topliss-reactive ketones (excluding diaryl/α,β-unsaturated/α-hetero) is 1. The third-order valence-corrected chi connectivity index (χ3v) is 4.36. The molecule has 0 bridgehead atoms. The second-order valence-electron chi connectivity index (χ2n) is 6.49. The van der Waals surface area contributed by atoms with Gasteiger partial charge in [-0.05, 0) is 54.1 Å². The molecule has 0 amide bonds. The van der Waals surface area contributed by atoms with Crippen molar-refractivity contribution >= 4 is 5.78 Å². The van der Waals surface area contributed by atoms with Crippen molar-refractivity contribution in [2.24, 2.45) is 0 Å². The van der Waals surface area contributed by atoms with Gasteiger partial charge in [0.1, 0.15) is 24.8 Å². The number of tetrazole rings is 1. The van der Waals surface area contributed by atoms with Gasteiger partial charge >= 0.3 is 0 Å². The van der Waals surface area contributed by atoms with Crippen molar-refractivity contribution in [2.75, 3.05) is 13.2 Å². The van der Waals surface area contributed by atoms with Gasteiger partial charge in [0.05, 0.1) is 11.3 Å². The summed E-state index contributed by atoms with van der Waals surface area (Å²) in [6.45, 7) is 3.97. The summed E-state index contributed by atoms with van der Waals surface area (Å²) in [5, 5.41) is 24.6. The molecule has 0 aliphatic rings. The topological polar surface area (TPSA) is 102 Å². The number of rotatable bonds is 9. The van der Waals surface area contributed by atoms with E-state index in [1.807, 2.05) is 31.2 Å². The number of hydrogen-bond donors (Lipinski definition) is 2. The number of aliphatic hydroxyl groups is 1. The van der Waals surface area contributed by atoms with Crippen LogP contribution in [0, 0.1) is 0 Å². The van der Waals surface area contributed by atoms with E-state index in [2.05, 4.69) is 20.8 Å². The van der Waals surface area contributed by atoms with Crippen LogP contribution in [0.3, 0.4) is 0 Å². The highest BCUT2D eigenvalue weighted by Crippen LogP contribution is 2.19. The zero-order valence-electron chi connectivity index (χ0n) is 15.8. The summed E-state index contributed by atoms with van der Waals surface area (Å²) in [6, 6.07) is 14.9. The monoisotopic (exact) mass is 381 g/mol. The van der Waals surface area contributed by atoms with Gasteiger partial charge in [-0.15, -0.1) is 5.10 Å². The van der Waals surface area contributed by atoms with Crippen molar-refractivity contribution in [1.82, 2.24) is 25.5 Å². The van der Waals surface area contributed by atoms with E-state index in [0.717, 1.165) is 11.3 Å². The molecule has 2 aromatic carbocycles. The van der Waals surface area contributed by atoms with E-state index in [-0.39, 0.29) is 18.4 Å². The van der Waals surface area contributed by atoms with Crippen molar-refractivity contribution in [2.45, 2.75) is 26.0 Å². The van der Waals surface area contributed by atoms with Crippen LogP contribution in [-0.2, 0) is 0 Å². The number of aliphatic hydroxyl groups excluding tert-OH is 1. The summed E-state index contributed by atoms with van der Waals surface area (Å²) in [7, 11) is 0. The third kappa shape index (κ3) is 4.99. The molecule has 2 unspecified atom stereocenters. The van der Waals surface area contributed by atoms with E-state index in [1.165, 1.54) is 13.3 Å². The van der Waals surface area contributed by atoms with Crippen LogP contribution in [0.2, 0.25) is 0 Å². The summed E-state index contributed by atoms with van der Waals surface area (Å²) in [6.07, 6.45) is 0.833. The first-order chi connectivity index (χ1) is 13.5. The lowest BCUT2D eigenvalue weighted by molar-refractivity contribution is 0.0966. The van der Waals surface area contributed by atoms with Crippen LogP contribution in [0.4, 0.5) is 0 Å². The SMILES string of the molecule is CC(=O)c1ccccc1OCC(O)CNC(C)c1ccc(-n2cnnn2)cc1. The fraction of sp³-hybridized carbons (Fsp3) is 0.300. The van der Waals surface area contributed by atoms with Crippen molar-refractivity contribution in [3.63, 3.8) is 0 Å². The van der Waals surface area contributed by atoms with Crippen LogP contribution >= 0.6 is 0 Å². The molecule has 3 aromatic rings. The number of hydrogen-bond acceptors (Lipinski definition) is 7. The number of nitrogens with one attached hydrogen (secondary N) is 1. The molecular weight excluding hydrogens is 358 g/mol. The standard InChI is InChI=1S/C20H23N5O3/c1-14(16-7-9-17(10-8-16)25-13-22-23-24-25)21-11-18(27)12-28-20-6-4-3-5-19(20)15(2)26/h3-10,13-14,18,21,27H,11-12H2,1-2H3. The summed E-state index contributed by atoms with van der Waals surface area (Å²) in [5.74, 6) is 0.419. The molecule has 0 saturated carbocycles. The fourth-order valence-electron chi connectivity index (χ4n) is 2.75. The van der Waals surface area contributed by atoms with Crippen LogP contribution in [0.25, 0.3) is 5.69 Å². The molecule has 1 heterocycles. The highest BCUT2D eigenvalue weighted by molar-refractivity contribution is 5.96. The summed E-state index contributed by atoms with van der Waals surface area (Å²) in [4.78, 5) is 11.6. The molecule has 8 heteroatoms. The normalized spacial score (nSPS) is 13.1. The minimum absolute atomic E-state index is 0.0436. The van der Waals surface area contributed by atoms with E-state index in [0.29, 0.717) is 17.9 Å². The number of ether oxygens (including phenoxy) is 1. The van der Waals surface area contributed by atoms with Crippen LogP contribution in [-0.4, -0.2) is 50.4 Å². The molecule has 0 spiro atoms. The molecule has 3 rings (SSSR count). The highest BCUT2D eigenvalue weighted by Gasteiger charge is 2.12. The molecule has 0 radical (unpaired) electrons. The predicted molar refractivity (Wildman–Crippen MR) is 104 cm³/mol. The molecular formula is C20H23N5O3. The van der Waals surface area contributed by atoms with Gasteiger partial charge in [-0.1, -0.05) is 24.3 Å². The van der Waals surface area contributed by atoms with Gasteiger partial charge in [0.2, 0.25) is 0 Å². The average molecular weight is 381 g/mol. The highest BCUT2D eigenvalue weighted by atomic mass is 16.5. The molecule has 2 N–H and O–H groups in total. The van der Waals surface area contributed by atoms with Crippen LogP contribution < -0.4 is 10.1 Å². The van der Waals surface area contributed by atoms with Gasteiger partial charge in [0, 0.05) is 12.6 Å². The molecule has 0 saturated heterocycles. The maximum absolute atomic E-state index is 11.6. The first kappa shape index (κ1) is 19.7. The average Bonchev–Trinajstić information content (AvgIpc) is 3.25. The number of ketones is 1. The predicted octanol–water partition coefficient (Wildman–Crippen LogP) is 1.96. The minimum Gasteiger partial charge on any atom is -0.490 e. The van der Waals surface area contributed by atoms with E-state index in [1.54, 1.807) is 28.9 Å². The van der Waals surface area contributed by atoms with Crippen LogP contribution in [0.5, 0.6) is 5.75 Å². The van der Waals surface area contributed by atoms with Gasteiger partial charge in [0.25, 0.3) is 0 Å². The molecule has 28 heavy (non-hydrogen) atoms. The Balaban J connectivity index is 1.49. The Kier molecular flexibility index (Phi) is 6.46. The smallest absolute Gasteiger partial charge is 0.163 e. The Morgan fingerprint density at radius 2 is 1.96 bits per heavy atom. The Hall–Kier alpha value is -3.10. The fourth-order valence-corrected chi connectivity index (χ4v) is 2.75. The Morgan fingerprint density at radius 3 is 2.64 bits per heavy atom. The van der Waals surface area contributed by atoms with Crippen molar-refractivity contribution < 1.29 is 14.6 Å². The van der Waals surface area contributed by atoms with E-state index >= 15 is 0 Å². The maximum atomic E-state index is 11.6. The number of nitrogens with zero attached hydrogens (tertiary/aromatic N) is 4. The number of carbonyl (C=O) groups excluding carboxylic acids is 1. The van der Waals surface area contributed by atoms with E-state index < -0.39 is 6.10 Å². The van der Waals surface area contributed by atoms with Gasteiger partial charge in [-0.25, -0.2) is 4.68 Å². The lowest BCUT2D eigenvalue weighted by Gasteiger charge is -2.18. The zero-order chi connectivity index (χ0) is 19.9. The molecule has 8 nitrogen and oxygen atoms in total. The molecule has 0 aliphatic carbocycles. The zero-order valence-corrected chi connectivity index (χ0v) is 15.8. The number of aromatic nitrogens is 4. The second-order valence-corrected chi connectivity index (χ2v) is 6.49. The lowest BCUT2D eigenvalue weighted by atomic mass is 10.1. The molecule has 0 aliphatic heterocycles. The largest absolute Gasteiger partial charge is 0.490 e. The van der Waals surface area contributed by atoms with Crippen LogP contribution in [0.1, 0.15) is 35.8 Å². The number of carbonyl (C=O) groups is 1. The molecule has 0 fully saturated rings.